The van der Waals surface area contributed by atoms with Crippen molar-refractivity contribution in [3.8, 4) is 0 Å². The molecule has 4 N–H and O–H groups in total. The monoisotopic (exact) mass is 502 g/mol. The Labute approximate surface area is 205 Å². The fourth-order valence-electron chi connectivity index (χ4n) is 4.26. The molecule has 184 valence electrons. The summed E-state index contributed by atoms with van der Waals surface area (Å²) in [7, 11) is 1.24. The van der Waals surface area contributed by atoms with Crippen LogP contribution in [0.5, 0.6) is 0 Å². The first-order chi connectivity index (χ1) is 16.7. The number of ether oxygens (including phenoxy) is 2. The van der Waals surface area contributed by atoms with E-state index in [1.54, 1.807) is 42.5 Å². The average Bonchev–Trinajstić information content (AvgIpc) is 3.23. The quantitative estimate of drug-likeness (QED) is 0.469. The van der Waals surface area contributed by atoms with E-state index < -0.39 is 42.1 Å². The van der Waals surface area contributed by atoms with Crippen molar-refractivity contribution in [1.29, 1.82) is 0 Å². The maximum absolute atomic E-state index is 13.4. The lowest BCUT2D eigenvalue weighted by atomic mass is 9.90. The molecule has 2 aromatic rings. The van der Waals surface area contributed by atoms with Gasteiger partial charge in [0.15, 0.2) is 5.60 Å². The molecule has 3 amide bonds. The molecule has 0 bridgehead atoms. The number of methoxy groups -OCH3 is 1. The normalized spacial score (nSPS) is 19.3. The van der Waals surface area contributed by atoms with E-state index in [1.807, 2.05) is 0 Å². The molecule has 0 saturated carbocycles. The lowest BCUT2D eigenvalue weighted by molar-refractivity contribution is -0.141. The molecule has 1 fully saturated rings. The number of aliphatic carboxylic acids is 1. The highest BCUT2D eigenvalue weighted by Crippen LogP contribution is 2.44. The second-order valence-electron chi connectivity index (χ2n) is 8.20. The number of halogens is 1. The summed E-state index contributed by atoms with van der Waals surface area (Å²) in [6, 6.07) is 10.3. The Morgan fingerprint density at radius 3 is 2.63 bits per heavy atom. The third-order valence-electron chi connectivity index (χ3n) is 5.88. The second-order valence-corrected chi connectivity index (χ2v) is 8.63. The minimum absolute atomic E-state index is 0.0619. The average molecular weight is 503 g/mol. The zero-order valence-electron chi connectivity index (χ0n) is 18.7. The standard InChI is InChI=1S/C23H23ClN4O7/c1-34-21(32)26-15-5-3-14(4-6-15)25-18(11-19(29)30)20(31)28-9-8-23(12-28)16-10-13(24)2-7-17(16)27-22(33)35-23/h2-7,10,18,25H,8-9,11-12H2,1H3,(H,26,32)(H,27,33)(H,29,30)/t18-,23?/m0/s1. The Kier molecular flexibility index (Phi) is 6.70. The maximum Gasteiger partial charge on any atom is 0.412 e. The van der Waals surface area contributed by atoms with Gasteiger partial charge in [0.25, 0.3) is 0 Å². The molecular weight excluding hydrogens is 480 g/mol. The fourth-order valence-corrected chi connectivity index (χ4v) is 4.43. The largest absolute Gasteiger partial charge is 0.481 e. The van der Waals surface area contributed by atoms with Crippen LogP contribution in [0.4, 0.5) is 26.7 Å². The third-order valence-corrected chi connectivity index (χ3v) is 6.11. The van der Waals surface area contributed by atoms with Crippen LogP contribution in [0, 0.1) is 0 Å². The van der Waals surface area contributed by atoms with Gasteiger partial charge in [-0.15, -0.1) is 0 Å². The number of likely N-dealkylation sites (tertiary alicyclic amines) is 1. The van der Waals surface area contributed by atoms with Gasteiger partial charge < -0.3 is 24.8 Å². The van der Waals surface area contributed by atoms with Gasteiger partial charge in [-0.1, -0.05) is 11.6 Å². The summed E-state index contributed by atoms with van der Waals surface area (Å²) >= 11 is 6.16. The van der Waals surface area contributed by atoms with Gasteiger partial charge in [0.05, 0.1) is 25.8 Å². The van der Waals surface area contributed by atoms with Gasteiger partial charge in [-0.3, -0.25) is 20.2 Å². The van der Waals surface area contributed by atoms with Crippen molar-refractivity contribution in [1.82, 2.24) is 4.90 Å². The number of hydrogen-bond donors (Lipinski definition) is 4. The summed E-state index contributed by atoms with van der Waals surface area (Å²) in [5.74, 6) is -1.60. The van der Waals surface area contributed by atoms with Crippen molar-refractivity contribution in [2.24, 2.45) is 0 Å². The minimum Gasteiger partial charge on any atom is -0.481 e. The van der Waals surface area contributed by atoms with E-state index in [9.17, 15) is 24.3 Å². The van der Waals surface area contributed by atoms with Crippen molar-refractivity contribution in [2.75, 3.05) is 36.1 Å². The predicted octanol–water partition coefficient (Wildman–Crippen LogP) is 3.46. The van der Waals surface area contributed by atoms with Gasteiger partial charge in [-0.25, -0.2) is 9.59 Å². The number of amides is 3. The number of carbonyl (C=O) groups excluding carboxylic acids is 3. The minimum atomic E-state index is -1.15. The van der Waals surface area contributed by atoms with Gasteiger partial charge >= 0.3 is 18.2 Å². The Morgan fingerprint density at radius 2 is 1.94 bits per heavy atom. The molecule has 0 radical (unpaired) electrons. The zero-order chi connectivity index (χ0) is 25.2. The summed E-state index contributed by atoms with van der Waals surface area (Å²) in [4.78, 5) is 49.9. The molecule has 2 aliphatic heterocycles. The molecule has 2 atom stereocenters. The smallest absolute Gasteiger partial charge is 0.412 e. The Balaban J connectivity index is 1.52. The summed E-state index contributed by atoms with van der Waals surface area (Å²) in [6.45, 7) is 0.324. The first kappa shape index (κ1) is 24.1. The molecular formula is C23H23ClN4O7. The van der Waals surface area contributed by atoms with E-state index >= 15 is 0 Å². The Hall–Kier alpha value is -3.99. The van der Waals surface area contributed by atoms with Crippen molar-refractivity contribution in [2.45, 2.75) is 24.5 Å². The maximum atomic E-state index is 13.4. The van der Waals surface area contributed by atoms with E-state index in [0.717, 1.165) is 0 Å². The van der Waals surface area contributed by atoms with Crippen molar-refractivity contribution in [3.05, 3.63) is 53.1 Å². The number of carboxylic acids is 1. The summed E-state index contributed by atoms with van der Waals surface area (Å²) in [5, 5.41) is 18.0. The van der Waals surface area contributed by atoms with E-state index in [1.165, 1.54) is 12.0 Å². The van der Waals surface area contributed by atoms with Crippen LogP contribution in [0.1, 0.15) is 18.4 Å². The van der Waals surface area contributed by atoms with Crippen molar-refractivity contribution >= 4 is 52.7 Å². The SMILES string of the molecule is COC(=O)Nc1ccc(N[C@@H](CC(=O)O)C(=O)N2CCC3(C2)OC(=O)Nc2ccc(Cl)cc23)cc1. The van der Waals surface area contributed by atoms with Crippen LogP contribution in [0.25, 0.3) is 0 Å². The number of benzene rings is 2. The van der Waals surface area contributed by atoms with Gasteiger partial charge in [0.1, 0.15) is 6.04 Å². The van der Waals surface area contributed by atoms with Crippen LogP contribution in [-0.2, 0) is 24.7 Å². The van der Waals surface area contributed by atoms with Crippen LogP contribution in [0.15, 0.2) is 42.5 Å². The highest BCUT2D eigenvalue weighted by atomic mass is 35.5. The molecule has 0 aliphatic carbocycles. The molecule has 1 saturated heterocycles. The highest BCUT2D eigenvalue weighted by Gasteiger charge is 2.49. The van der Waals surface area contributed by atoms with Crippen molar-refractivity contribution in [3.63, 3.8) is 0 Å². The Bertz CT molecular complexity index is 1170. The zero-order valence-corrected chi connectivity index (χ0v) is 19.4. The van der Waals surface area contributed by atoms with Gasteiger partial charge in [-0.2, -0.15) is 0 Å². The second kappa shape index (κ2) is 9.71. The summed E-state index contributed by atoms with van der Waals surface area (Å²) in [5.41, 5.74) is 1.10. The summed E-state index contributed by atoms with van der Waals surface area (Å²) < 4.78 is 10.2. The van der Waals surface area contributed by atoms with Crippen LogP contribution in [-0.4, -0.2) is 60.3 Å². The lowest BCUT2D eigenvalue weighted by Crippen LogP contribution is -2.46. The molecule has 1 unspecified atom stereocenters. The number of nitrogens with one attached hydrogen (secondary N) is 3. The first-order valence-electron chi connectivity index (χ1n) is 10.7. The van der Waals surface area contributed by atoms with E-state index in [-0.39, 0.29) is 13.1 Å². The molecule has 2 aliphatic rings. The van der Waals surface area contributed by atoms with E-state index in [0.29, 0.717) is 34.1 Å². The van der Waals surface area contributed by atoms with Crippen molar-refractivity contribution < 1.29 is 33.8 Å². The molecule has 1 spiro atoms. The number of carboxylic acid groups (broad SMARTS) is 1. The number of fused-ring (bicyclic) bond motifs is 2. The van der Waals surface area contributed by atoms with Gasteiger partial charge in [0, 0.05) is 34.9 Å². The highest BCUT2D eigenvalue weighted by molar-refractivity contribution is 6.30. The topological polar surface area (TPSA) is 146 Å². The van der Waals surface area contributed by atoms with Gasteiger partial charge in [-0.05, 0) is 42.5 Å². The lowest BCUT2D eigenvalue weighted by Gasteiger charge is -2.35. The van der Waals surface area contributed by atoms with Crippen LogP contribution >= 0.6 is 11.6 Å². The predicted molar refractivity (Wildman–Crippen MR) is 127 cm³/mol. The van der Waals surface area contributed by atoms with Gasteiger partial charge in [0.2, 0.25) is 5.91 Å². The molecule has 12 heteroatoms. The third kappa shape index (κ3) is 5.24. The van der Waals surface area contributed by atoms with E-state index in [4.69, 9.17) is 16.3 Å². The van der Waals surface area contributed by atoms with E-state index in [2.05, 4.69) is 20.7 Å². The number of nitrogens with zero attached hydrogens (tertiary/aromatic N) is 1. The molecule has 0 aromatic heterocycles. The van der Waals surface area contributed by atoms with Crippen LogP contribution in [0.2, 0.25) is 5.02 Å². The molecule has 4 rings (SSSR count). The Morgan fingerprint density at radius 1 is 1.23 bits per heavy atom. The first-order valence-corrected chi connectivity index (χ1v) is 11.1. The van der Waals surface area contributed by atoms with Crippen LogP contribution < -0.4 is 16.0 Å². The molecule has 35 heavy (non-hydrogen) atoms. The molecule has 2 heterocycles. The molecule has 2 aromatic carbocycles. The number of anilines is 3. The number of hydrogen-bond acceptors (Lipinski definition) is 7. The number of rotatable bonds is 6. The summed E-state index contributed by atoms with van der Waals surface area (Å²) in [6.07, 6.45) is -1.38. The molecule has 11 nitrogen and oxygen atoms in total. The fraction of sp³-hybridized carbons (Fsp3) is 0.304. The van der Waals surface area contributed by atoms with Crippen LogP contribution in [0.3, 0.4) is 0 Å². The number of carbonyl (C=O) groups is 4.